The third kappa shape index (κ3) is 1.15. The van der Waals surface area contributed by atoms with E-state index in [-0.39, 0.29) is 0 Å². The van der Waals surface area contributed by atoms with Gasteiger partial charge in [-0.3, -0.25) is 0 Å². The van der Waals surface area contributed by atoms with Gasteiger partial charge >= 0.3 is 0 Å². The summed E-state index contributed by atoms with van der Waals surface area (Å²) in [6.07, 6.45) is 0. The molecule has 1 nitrogen and oxygen atoms in total. The minimum Gasteiger partial charge on any atom is -0.192 e. The molecule has 46 valence electrons. The van der Waals surface area contributed by atoms with Gasteiger partial charge in [0.2, 0.25) is 0 Å². The molecule has 10 heavy (non-hydrogen) atoms. The van der Waals surface area contributed by atoms with Crippen molar-refractivity contribution in [1.29, 1.82) is 5.26 Å². The van der Waals surface area contributed by atoms with E-state index >= 15 is 0 Å². The molecule has 1 rings (SSSR count). The molecule has 0 amide bonds. The van der Waals surface area contributed by atoms with Crippen molar-refractivity contribution in [2.45, 2.75) is 0 Å². The summed E-state index contributed by atoms with van der Waals surface area (Å²) < 4.78 is 0. The molecule has 0 spiro atoms. The van der Waals surface area contributed by atoms with E-state index in [0.717, 1.165) is 0 Å². The number of rotatable bonds is 0. The van der Waals surface area contributed by atoms with Crippen LogP contribution >= 0.6 is 11.6 Å². The third-order valence-corrected chi connectivity index (χ3v) is 1.57. The van der Waals surface area contributed by atoms with E-state index in [4.69, 9.17) is 24.7 Å². The first-order valence-electron chi connectivity index (χ1n) is 2.70. The summed E-state index contributed by atoms with van der Waals surface area (Å²) in [6, 6.07) is 6.90. The Labute approximate surface area is 65.6 Å². The molecule has 0 N–H and O–H groups in total. The Balaban J connectivity index is 3.31. The molecule has 0 saturated carbocycles. The second kappa shape index (κ2) is 2.77. The molecular formula is C7H3BClN. The average molecular weight is 147 g/mol. The highest BCUT2D eigenvalue weighted by Crippen LogP contribution is 2.09. The fourth-order valence-corrected chi connectivity index (χ4v) is 0.804. The smallest absolute Gasteiger partial charge is 0.115 e. The maximum absolute atomic E-state index is 8.45. The maximum Gasteiger partial charge on any atom is 0.115 e. The highest BCUT2D eigenvalue weighted by Gasteiger charge is 1.98. The summed E-state index contributed by atoms with van der Waals surface area (Å²) in [6.45, 7) is 0. The quantitative estimate of drug-likeness (QED) is 0.502. The van der Waals surface area contributed by atoms with Gasteiger partial charge in [0.05, 0.1) is 10.6 Å². The number of benzene rings is 1. The fourth-order valence-electron chi connectivity index (χ4n) is 0.636. The fraction of sp³-hybridized carbons (Fsp3) is 0. The molecule has 0 fully saturated rings. The summed E-state index contributed by atoms with van der Waals surface area (Å²) in [4.78, 5) is 0. The molecule has 0 unspecified atom stereocenters. The number of nitrogens with zero attached hydrogens (tertiary/aromatic N) is 1. The molecule has 1 aromatic rings. The van der Waals surface area contributed by atoms with Crippen molar-refractivity contribution >= 4 is 24.9 Å². The third-order valence-electron chi connectivity index (χ3n) is 1.15. The van der Waals surface area contributed by atoms with Crippen LogP contribution in [0.5, 0.6) is 0 Å². The molecule has 0 atom stereocenters. The first-order chi connectivity index (χ1) is 4.75. The van der Waals surface area contributed by atoms with E-state index in [1.54, 1.807) is 18.2 Å². The predicted octanol–water partition coefficient (Wildman–Crippen LogP) is 1.01. The van der Waals surface area contributed by atoms with Gasteiger partial charge in [-0.15, -0.1) is 0 Å². The van der Waals surface area contributed by atoms with Crippen LogP contribution < -0.4 is 5.46 Å². The van der Waals surface area contributed by atoms with Crippen molar-refractivity contribution in [2.75, 3.05) is 0 Å². The lowest BCUT2D eigenvalue weighted by atomic mass is 9.94. The van der Waals surface area contributed by atoms with E-state index in [1.165, 1.54) is 0 Å². The topological polar surface area (TPSA) is 23.8 Å². The first-order valence-corrected chi connectivity index (χ1v) is 3.07. The van der Waals surface area contributed by atoms with E-state index in [1.807, 2.05) is 6.07 Å². The summed E-state index contributed by atoms with van der Waals surface area (Å²) in [5, 5.41) is 8.79. The standard InChI is InChI=1S/C7H3BClN/c8-6-3-1-2-5(4-10)7(6)9/h1-3H. The van der Waals surface area contributed by atoms with Crippen LogP contribution in [0.25, 0.3) is 0 Å². The molecule has 0 aromatic heterocycles. The largest absolute Gasteiger partial charge is 0.192 e. The van der Waals surface area contributed by atoms with Crippen molar-refractivity contribution < 1.29 is 0 Å². The van der Waals surface area contributed by atoms with Crippen LogP contribution in [0.4, 0.5) is 0 Å². The van der Waals surface area contributed by atoms with Crippen LogP contribution in [-0.4, -0.2) is 7.85 Å². The van der Waals surface area contributed by atoms with Gasteiger partial charge in [0.25, 0.3) is 0 Å². The molecule has 2 radical (unpaired) electrons. The Hall–Kier alpha value is -0.935. The van der Waals surface area contributed by atoms with Gasteiger partial charge < -0.3 is 0 Å². The Morgan fingerprint density at radius 1 is 1.50 bits per heavy atom. The lowest BCUT2D eigenvalue weighted by molar-refractivity contribution is 1.49. The van der Waals surface area contributed by atoms with Gasteiger partial charge in [0.1, 0.15) is 13.9 Å². The van der Waals surface area contributed by atoms with E-state index < -0.39 is 0 Å². The minimum absolute atomic E-state index is 0.338. The summed E-state index contributed by atoms with van der Waals surface area (Å²) in [5.74, 6) is 0. The minimum atomic E-state index is 0.338. The van der Waals surface area contributed by atoms with Gasteiger partial charge in [-0.1, -0.05) is 29.2 Å². The molecule has 0 aliphatic carbocycles. The molecule has 0 aliphatic heterocycles. The van der Waals surface area contributed by atoms with Crippen molar-refractivity contribution in [3.63, 3.8) is 0 Å². The molecular weight excluding hydrogens is 144 g/mol. The molecule has 0 bridgehead atoms. The number of hydrogen-bond acceptors (Lipinski definition) is 1. The lowest BCUT2D eigenvalue weighted by Gasteiger charge is -1.96. The van der Waals surface area contributed by atoms with Crippen LogP contribution in [0, 0.1) is 11.3 Å². The molecule has 3 heteroatoms. The molecule has 0 saturated heterocycles. The normalized spacial score (nSPS) is 8.80. The number of nitriles is 1. The maximum atomic E-state index is 8.45. The zero-order valence-electron chi connectivity index (χ0n) is 5.13. The van der Waals surface area contributed by atoms with Gasteiger partial charge in [0.15, 0.2) is 0 Å². The van der Waals surface area contributed by atoms with E-state index in [2.05, 4.69) is 0 Å². The summed E-state index contributed by atoms with van der Waals surface area (Å²) >= 11 is 5.65. The van der Waals surface area contributed by atoms with Gasteiger partial charge in [-0.2, -0.15) is 5.26 Å². The monoisotopic (exact) mass is 147 g/mol. The molecule has 0 aliphatic rings. The van der Waals surface area contributed by atoms with Gasteiger partial charge in [-0.25, -0.2) is 0 Å². The van der Waals surface area contributed by atoms with Crippen molar-refractivity contribution in [1.82, 2.24) is 0 Å². The lowest BCUT2D eigenvalue weighted by Crippen LogP contribution is -2.04. The van der Waals surface area contributed by atoms with Crippen molar-refractivity contribution in [3.8, 4) is 6.07 Å². The van der Waals surface area contributed by atoms with Crippen molar-refractivity contribution in [3.05, 3.63) is 28.8 Å². The Kier molecular flexibility index (Phi) is 1.98. The molecule has 1 aromatic carbocycles. The van der Waals surface area contributed by atoms with E-state index in [9.17, 15) is 0 Å². The van der Waals surface area contributed by atoms with Crippen LogP contribution in [0.3, 0.4) is 0 Å². The van der Waals surface area contributed by atoms with Gasteiger partial charge in [0, 0.05) is 0 Å². The van der Waals surface area contributed by atoms with Crippen LogP contribution in [-0.2, 0) is 0 Å². The van der Waals surface area contributed by atoms with E-state index in [0.29, 0.717) is 16.0 Å². The summed E-state index contributed by atoms with van der Waals surface area (Å²) in [7, 11) is 5.41. The highest BCUT2D eigenvalue weighted by molar-refractivity contribution is 6.45. The van der Waals surface area contributed by atoms with Crippen LogP contribution in [0.2, 0.25) is 5.02 Å². The van der Waals surface area contributed by atoms with Crippen molar-refractivity contribution in [2.24, 2.45) is 0 Å². The predicted molar refractivity (Wildman–Crippen MR) is 41.6 cm³/mol. The Morgan fingerprint density at radius 2 is 2.20 bits per heavy atom. The van der Waals surface area contributed by atoms with Crippen LogP contribution in [0.1, 0.15) is 5.56 Å². The zero-order valence-corrected chi connectivity index (χ0v) is 5.89. The Bertz CT molecular complexity index is 290. The second-order valence-electron chi connectivity index (χ2n) is 1.82. The summed E-state index contributed by atoms with van der Waals surface area (Å²) in [5.41, 5.74) is 0.863. The highest BCUT2D eigenvalue weighted by atomic mass is 35.5. The SMILES string of the molecule is [B]c1cccc(C#N)c1Cl. The second-order valence-corrected chi connectivity index (χ2v) is 2.20. The molecule has 0 heterocycles. The van der Waals surface area contributed by atoms with Gasteiger partial charge in [-0.05, 0) is 6.07 Å². The average Bonchev–Trinajstić information content (AvgIpc) is 1.95. The number of halogens is 1. The first kappa shape index (κ1) is 7.18. The Morgan fingerprint density at radius 3 is 2.70 bits per heavy atom. The van der Waals surface area contributed by atoms with Crippen LogP contribution in [0.15, 0.2) is 18.2 Å². The zero-order chi connectivity index (χ0) is 7.56. The number of hydrogen-bond donors (Lipinski definition) is 0.